The van der Waals surface area contributed by atoms with Crippen molar-refractivity contribution in [1.82, 2.24) is 15.0 Å². The summed E-state index contributed by atoms with van der Waals surface area (Å²) >= 11 is 6.05. The van der Waals surface area contributed by atoms with Gasteiger partial charge in [-0.15, -0.1) is 0 Å². The molecule has 0 spiro atoms. The second kappa shape index (κ2) is 10.2. The van der Waals surface area contributed by atoms with Crippen molar-refractivity contribution >= 4 is 17.5 Å². The molecule has 168 valence electrons. The number of benzene rings is 2. The minimum Gasteiger partial charge on any atom is -0.457 e. The fourth-order valence-electron chi connectivity index (χ4n) is 3.28. The van der Waals surface area contributed by atoms with Crippen LogP contribution in [0.3, 0.4) is 0 Å². The average molecular weight is 463 g/mol. The summed E-state index contributed by atoms with van der Waals surface area (Å²) in [5.41, 5.74) is 2.97. The van der Waals surface area contributed by atoms with Crippen molar-refractivity contribution in [2.24, 2.45) is 0 Å². The molecule has 4 rings (SSSR count). The molecule has 4 aromatic rings. The molecule has 3 N–H and O–H groups in total. The highest BCUT2D eigenvalue weighted by Gasteiger charge is 2.05. The van der Waals surface area contributed by atoms with Gasteiger partial charge in [-0.3, -0.25) is 9.59 Å². The number of nitrogens with zero attached hydrogens (tertiary/aromatic N) is 1. The minimum absolute atomic E-state index is 0.177. The number of pyridine rings is 1. The largest absolute Gasteiger partial charge is 0.457 e. The minimum atomic E-state index is -0.304. The third-order valence-corrected chi connectivity index (χ3v) is 5.53. The number of halogens is 1. The van der Waals surface area contributed by atoms with Crippen LogP contribution in [-0.4, -0.2) is 21.5 Å². The summed E-state index contributed by atoms with van der Waals surface area (Å²) in [5, 5.41) is 3.85. The lowest BCUT2D eigenvalue weighted by atomic mass is 10.1. The highest BCUT2D eigenvalue weighted by atomic mass is 35.5. The SMILES string of the molecule is Cc1cc(Oc2ccc(CCNc3nc(=O)c(Cc4ccc(=O)[nH]c4)c[nH]3)cc2)ccc1Cl. The molecule has 2 aromatic carbocycles. The third-order valence-electron chi connectivity index (χ3n) is 5.11. The van der Waals surface area contributed by atoms with Crippen molar-refractivity contribution in [2.75, 3.05) is 11.9 Å². The lowest BCUT2D eigenvalue weighted by Gasteiger charge is -2.09. The molecule has 0 unspecified atom stereocenters. The predicted octanol–water partition coefficient (Wildman–Crippen LogP) is 4.46. The number of ether oxygens (including phenoxy) is 1. The molecule has 7 nitrogen and oxygen atoms in total. The fourth-order valence-corrected chi connectivity index (χ4v) is 3.40. The number of nitrogens with one attached hydrogen (secondary N) is 3. The van der Waals surface area contributed by atoms with Crippen LogP contribution < -0.4 is 21.2 Å². The second-order valence-electron chi connectivity index (χ2n) is 7.65. The highest BCUT2D eigenvalue weighted by molar-refractivity contribution is 6.31. The van der Waals surface area contributed by atoms with Gasteiger partial charge in [0.25, 0.3) is 5.56 Å². The molecule has 0 aliphatic heterocycles. The summed E-state index contributed by atoms with van der Waals surface area (Å²) in [6.45, 7) is 2.55. The van der Waals surface area contributed by atoms with Crippen molar-refractivity contribution < 1.29 is 4.74 Å². The average Bonchev–Trinajstić information content (AvgIpc) is 2.81. The van der Waals surface area contributed by atoms with Gasteiger partial charge in [0.05, 0.1) is 0 Å². The van der Waals surface area contributed by atoms with Gasteiger partial charge in [0.2, 0.25) is 11.5 Å². The molecule has 0 radical (unpaired) electrons. The molecule has 0 saturated heterocycles. The quantitative estimate of drug-likeness (QED) is 0.359. The molecule has 0 fully saturated rings. The summed E-state index contributed by atoms with van der Waals surface area (Å²) < 4.78 is 5.87. The fraction of sp³-hybridized carbons (Fsp3) is 0.160. The summed E-state index contributed by atoms with van der Waals surface area (Å²) in [6, 6.07) is 16.5. The Morgan fingerprint density at radius 1 is 0.939 bits per heavy atom. The number of hydrogen-bond acceptors (Lipinski definition) is 5. The Morgan fingerprint density at radius 2 is 1.70 bits per heavy atom. The molecule has 0 saturated carbocycles. The molecular weight excluding hydrogens is 440 g/mol. The van der Waals surface area contributed by atoms with Crippen LogP contribution in [0.1, 0.15) is 22.3 Å². The number of aromatic nitrogens is 3. The highest BCUT2D eigenvalue weighted by Crippen LogP contribution is 2.26. The molecule has 2 aromatic heterocycles. The second-order valence-corrected chi connectivity index (χ2v) is 8.06. The molecule has 0 aliphatic rings. The van der Waals surface area contributed by atoms with Crippen LogP contribution in [0.2, 0.25) is 5.02 Å². The molecule has 2 heterocycles. The van der Waals surface area contributed by atoms with Crippen LogP contribution in [0.5, 0.6) is 11.5 Å². The van der Waals surface area contributed by atoms with E-state index >= 15 is 0 Å². The molecule has 0 bridgehead atoms. The Kier molecular flexibility index (Phi) is 6.90. The van der Waals surface area contributed by atoms with Gasteiger partial charge in [0.15, 0.2) is 0 Å². The standard InChI is InChI=1S/C25H23ClN4O3/c1-16-12-21(7-8-22(16)26)33-20-5-2-17(3-6-20)10-11-27-25-29-15-19(24(32)30-25)13-18-4-9-23(31)28-14-18/h2-9,12,14-15H,10-11,13H2,1H3,(H,28,31)(H2,27,29,30,32). The maximum absolute atomic E-state index is 12.3. The first kappa shape index (κ1) is 22.4. The van der Waals surface area contributed by atoms with E-state index in [1.165, 1.54) is 6.07 Å². The first-order valence-corrected chi connectivity index (χ1v) is 10.9. The van der Waals surface area contributed by atoms with E-state index in [0.717, 1.165) is 34.6 Å². The van der Waals surface area contributed by atoms with Crippen LogP contribution >= 0.6 is 11.6 Å². The lowest BCUT2D eigenvalue weighted by molar-refractivity contribution is 0.482. The first-order valence-electron chi connectivity index (χ1n) is 10.5. The van der Waals surface area contributed by atoms with E-state index in [4.69, 9.17) is 16.3 Å². The van der Waals surface area contributed by atoms with Crippen molar-refractivity contribution in [3.05, 3.63) is 115 Å². The van der Waals surface area contributed by atoms with Crippen molar-refractivity contribution in [2.45, 2.75) is 19.8 Å². The van der Waals surface area contributed by atoms with Crippen LogP contribution in [0.15, 0.2) is 76.6 Å². The van der Waals surface area contributed by atoms with Gasteiger partial charge < -0.3 is 20.0 Å². The molecular formula is C25H23ClN4O3. The van der Waals surface area contributed by atoms with Crippen LogP contribution in [0.4, 0.5) is 5.95 Å². The first-order chi connectivity index (χ1) is 16.0. The van der Waals surface area contributed by atoms with Gasteiger partial charge in [-0.1, -0.05) is 29.8 Å². The smallest absolute Gasteiger partial charge is 0.277 e. The topological polar surface area (TPSA) is 99.9 Å². The van der Waals surface area contributed by atoms with Crippen molar-refractivity contribution in [3.8, 4) is 11.5 Å². The number of hydrogen-bond donors (Lipinski definition) is 3. The lowest BCUT2D eigenvalue weighted by Crippen LogP contribution is -2.18. The zero-order valence-corrected chi connectivity index (χ0v) is 18.8. The van der Waals surface area contributed by atoms with Gasteiger partial charge in [-0.25, -0.2) is 0 Å². The summed E-state index contributed by atoms with van der Waals surface area (Å²) in [6.07, 6.45) is 4.39. The monoisotopic (exact) mass is 462 g/mol. The molecule has 0 atom stereocenters. The Bertz CT molecular complexity index is 1340. The van der Waals surface area contributed by atoms with Gasteiger partial charge in [0, 0.05) is 42.0 Å². The van der Waals surface area contributed by atoms with Gasteiger partial charge >= 0.3 is 0 Å². The number of aromatic amines is 2. The van der Waals surface area contributed by atoms with Gasteiger partial charge in [-0.2, -0.15) is 4.98 Å². The van der Waals surface area contributed by atoms with E-state index in [1.807, 2.05) is 49.4 Å². The summed E-state index contributed by atoms with van der Waals surface area (Å²) in [5.74, 6) is 1.91. The number of anilines is 1. The van der Waals surface area contributed by atoms with E-state index in [9.17, 15) is 9.59 Å². The van der Waals surface area contributed by atoms with E-state index in [-0.39, 0.29) is 11.1 Å². The Balaban J connectivity index is 1.29. The molecule has 33 heavy (non-hydrogen) atoms. The third kappa shape index (κ3) is 6.11. The normalized spacial score (nSPS) is 10.7. The van der Waals surface area contributed by atoms with E-state index in [2.05, 4.69) is 20.3 Å². The van der Waals surface area contributed by atoms with E-state index < -0.39 is 0 Å². The molecule has 8 heteroatoms. The molecule has 0 aliphatic carbocycles. The molecule has 0 amide bonds. The van der Waals surface area contributed by atoms with E-state index in [1.54, 1.807) is 18.5 Å². The summed E-state index contributed by atoms with van der Waals surface area (Å²) in [7, 11) is 0. The van der Waals surface area contributed by atoms with E-state index in [0.29, 0.717) is 29.5 Å². The summed E-state index contributed by atoms with van der Waals surface area (Å²) in [4.78, 5) is 33.1. The van der Waals surface area contributed by atoms with Crippen molar-refractivity contribution in [3.63, 3.8) is 0 Å². The number of H-pyrrole nitrogens is 2. The maximum atomic E-state index is 12.3. The van der Waals surface area contributed by atoms with Crippen LogP contribution in [-0.2, 0) is 12.8 Å². The Hall–Kier alpha value is -3.84. The predicted molar refractivity (Wildman–Crippen MR) is 130 cm³/mol. The van der Waals surface area contributed by atoms with Crippen LogP contribution in [0.25, 0.3) is 0 Å². The zero-order chi connectivity index (χ0) is 23.2. The Labute approximate surface area is 195 Å². The number of rotatable bonds is 8. The van der Waals surface area contributed by atoms with Crippen molar-refractivity contribution in [1.29, 1.82) is 0 Å². The van der Waals surface area contributed by atoms with Gasteiger partial charge in [0.1, 0.15) is 11.5 Å². The van der Waals surface area contributed by atoms with Crippen LogP contribution in [0, 0.1) is 6.92 Å². The maximum Gasteiger partial charge on any atom is 0.277 e. The zero-order valence-electron chi connectivity index (χ0n) is 18.0. The Morgan fingerprint density at radius 3 is 2.39 bits per heavy atom. The van der Waals surface area contributed by atoms with Gasteiger partial charge in [-0.05, 0) is 60.4 Å². The number of aryl methyl sites for hydroxylation is 1.